The normalized spacial score (nSPS) is 13.6. The van der Waals surface area contributed by atoms with E-state index in [-0.39, 0.29) is 0 Å². The van der Waals surface area contributed by atoms with E-state index in [1.54, 1.807) is 0 Å². The first-order valence-electron chi connectivity index (χ1n) is 6.26. The summed E-state index contributed by atoms with van der Waals surface area (Å²) in [5.41, 5.74) is 2.99. The number of anilines is 1. The molecular formula is C15H25N. The van der Waals surface area contributed by atoms with Gasteiger partial charge in [0.25, 0.3) is 0 Å². The van der Waals surface area contributed by atoms with Crippen LogP contribution >= 0.6 is 0 Å². The van der Waals surface area contributed by atoms with E-state index in [0.717, 1.165) is 6.54 Å². The van der Waals surface area contributed by atoms with Gasteiger partial charge < -0.3 is 5.32 Å². The number of nitrogens with one attached hydrogen (secondary N) is 1. The molecule has 1 unspecified atom stereocenters. The highest BCUT2D eigenvalue weighted by molar-refractivity contribution is 5.45. The summed E-state index contributed by atoms with van der Waals surface area (Å²) in [4.78, 5) is 0. The summed E-state index contributed by atoms with van der Waals surface area (Å²) < 4.78 is 0. The SMILES string of the molecule is CCC(C)c1ccc(NCC(C)(C)C)cc1. The Morgan fingerprint density at radius 1 is 1.12 bits per heavy atom. The summed E-state index contributed by atoms with van der Waals surface area (Å²) in [5.74, 6) is 0.664. The Morgan fingerprint density at radius 3 is 2.12 bits per heavy atom. The Labute approximate surface area is 100 Å². The zero-order valence-corrected chi connectivity index (χ0v) is 11.3. The van der Waals surface area contributed by atoms with Crippen LogP contribution in [0.5, 0.6) is 0 Å². The number of hydrogen-bond acceptors (Lipinski definition) is 1. The molecule has 0 spiro atoms. The summed E-state index contributed by atoms with van der Waals surface area (Å²) in [7, 11) is 0. The molecule has 0 heterocycles. The quantitative estimate of drug-likeness (QED) is 0.776. The summed E-state index contributed by atoms with van der Waals surface area (Å²) in [5, 5.41) is 3.47. The second-order valence-corrected chi connectivity index (χ2v) is 5.85. The Kier molecular flexibility index (Phi) is 4.40. The van der Waals surface area contributed by atoms with Crippen LogP contribution in [0.3, 0.4) is 0 Å². The molecule has 1 atom stereocenters. The van der Waals surface area contributed by atoms with Gasteiger partial charge in [-0.25, -0.2) is 0 Å². The van der Waals surface area contributed by atoms with Crippen molar-refractivity contribution < 1.29 is 0 Å². The molecule has 90 valence electrons. The number of rotatable bonds is 4. The lowest BCUT2D eigenvalue weighted by Gasteiger charge is -2.20. The Bertz CT molecular complexity index is 305. The second kappa shape index (κ2) is 5.38. The summed E-state index contributed by atoms with van der Waals surface area (Å²) in [6.07, 6.45) is 1.20. The topological polar surface area (TPSA) is 12.0 Å². The minimum atomic E-state index is 0.329. The van der Waals surface area contributed by atoms with Crippen molar-refractivity contribution in [1.29, 1.82) is 0 Å². The smallest absolute Gasteiger partial charge is 0.0340 e. The molecule has 0 fully saturated rings. The maximum Gasteiger partial charge on any atom is 0.0340 e. The van der Waals surface area contributed by atoms with E-state index >= 15 is 0 Å². The lowest BCUT2D eigenvalue weighted by Crippen LogP contribution is -2.18. The zero-order chi connectivity index (χ0) is 12.2. The van der Waals surface area contributed by atoms with E-state index in [1.807, 2.05) is 0 Å². The van der Waals surface area contributed by atoms with Gasteiger partial charge in [0.05, 0.1) is 0 Å². The van der Waals surface area contributed by atoms with Gasteiger partial charge in [0, 0.05) is 12.2 Å². The molecule has 0 aliphatic carbocycles. The molecule has 0 bridgehead atoms. The zero-order valence-electron chi connectivity index (χ0n) is 11.3. The van der Waals surface area contributed by atoms with Crippen molar-refractivity contribution in [3.63, 3.8) is 0 Å². The third kappa shape index (κ3) is 4.26. The Balaban J connectivity index is 2.58. The van der Waals surface area contributed by atoms with Crippen molar-refractivity contribution in [1.82, 2.24) is 0 Å². The predicted molar refractivity (Wildman–Crippen MR) is 73.1 cm³/mol. The minimum absolute atomic E-state index is 0.329. The van der Waals surface area contributed by atoms with Gasteiger partial charge >= 0.3 is 0 Å². The molecule has 0 aliphatic rings. The van der Waals surface area contributed by atoms with Crippen molar-refractivity contribution >= 4 is 5.69 Å². The highest BCUT2D eigenvalue weighted by atomic mass is 14.9. The lowest BCUT2D eigenvalue weighted by atomic mass is 9.96. The third-order valence-corrected chi connectivity index (χ3v) is 2.91. The largest absolute Gasteiger partial charge is 0.385 e. The van der Waals surface area contributed by atoms with E-state index < -0.39 is 0 Å². The fourth-order valence-electron chi connectivity index (χ4n) is 1.53. The Hall–Kier alpha value is -0.980. The van der Waals surface area contributed by atoms with Crippen molar-refractivity contribution in [2.45, 2.75) is 47.0 Å². The van der Waals surface area contributed by atoms with Crippen LogP contribution in [0.15, 0.2) is 24.3 Å². The highest BCUT2D eigenvalue weighted by Crippen LogP contribution is 2.21. The molecule has 0 radical (unpaired) electrons. The van der Waals surface area contributed by atoms with Crippen LogP contribution in [0, 0.1) is 5.41 Å². The first kappa shape index (κ1) is 13.1. The minimum Gasteiger partial charge on any atom is -0.385 e. The van der Waals surface area contributed by atoms with Crippen molar-refractivity contribution in [2.24, 2.45) is 5.41 Å². The van der Waals surface area contributed by atoms with Crippen LogP contribution in [0.4, 0.5) is 5.69 Å². The monoisotopic (exact) mass is 219 g/mol. The molecule has 1 aromatic carbocycles. The molecule has 16 heavy (non-hydrogen) atoms. The molecular weight excluding hydrogens is 194 g/mol. The molecule has 1 aromatic rings. The van der Waals surface area contributed by atoms with Gasteiger partial charge in [-0.3, -0.25) is 0 Å². The van der Waals surface area contributed by atoms with E-state index in [4.69, 9.17) is 0 Å². The van der Waals surface area contributed by atoms with Crippen LogP contribution in [0.2, 0.25) is 0 Å². The summed E-state index contributed by atoms with van der Waals surface area (Å²) in [6, 6.07) is 8.85. The average molecular weight is 219 g/mol. The highest BCUT2D eigenvalue weighted by Gasteiger charge is 2.09. The molecule has 1 N–H and O–H groups in total. The van der Waals surface area contributed by atoms with Crippen LogP contribution in [0.25, 0.3) is 0 Å². The number of hydrogen-bond donors (Lipinski definition) is 1. The van der Waals surface area contributed by atoms with Gasteiger partial charge in [-0.1, -0.05) is 46.8 Å². The first-order valence-corrected chi connectivity index (χ1v) is 6.26. The third-order valence-electron chi connectivity index (χ3n) is 2.91. The fourth-order valence-corrected chi connectivity index (χ4v) is 1.53. The maximum absolute atomic E-state index is 3.47. The van der Waals surface area contributed by atoms with Crippen molar-refractivity contribution in [3.05, 3.63) is 29.8 Å². The van der Waals surface area contributed by atoms with E-state index in [1.165, 1.54) is 17.7 Å². The van der Waals surface area contributed by atoms with Gasteiger partial charge in [0.2, 0.25) is 0 Å². The molecule has 1 rings (SSSR count). The lowest BCUT2D eigenvalue weighted by molar-refractivity contribution is 0.443. The molecule has 0 aromatic heterocycles. The molecule has 0 amide bonds. The van der Waals surface area contributed by atoms with Gasteiger partial charge in [0.1, 0.15) is 0 Å². The average Bonchev–Trinajstić information content (AvgIpc) is 2.25. The molecule has 1 nitrogen and oxygen atoms in total. The first-order chi connectivity index (χ1) is 7.42. The Morgan fingerprint density at radius 2 is 1.69 bits per heavy atom. The van der Waals surface area contributed by atoms with Crippen LogP contribution in [0.1, 0.15) is 52.5 Å². The van der Waals surface area contributed by atoms with Gasteiger partial charge in [0.15, 0.2) is 0 Å². The van der Waals surface area contributed by atoms with Gasteiger partial charge in [-0.05, 0) is 35.4 Å². The maximum atomic E-state index is 3.47. The summed E-state index contributed by atoms with van der Waals surface area (Å²) in [6.45, 7) is 12.2. The predicted octanol–water partition coefficient (Wildman–Crippen LogP) is 4.66. The van der Waals surface area contributed by atoms with E-state index in [9.17, 15) is 0 Å². The van der Waals surface area contributed by atoms with Crippen LogP contribution in [-0.2, 0) is 0 Å². The molecule has 0 saturated heterocycles. The van der Waals surface area contributed by atoms with E-state index in [2.05, 4.69) is 64.2 Å². The summed E-state index contributed by atoms with van der Waals surface area (Å²) >= 11 is 0. The van der Waals surface area contributed by atoms with Crippen molar-refractivity contribution in [2.75, 3.05) is 11.9 Å². The standard InChI is InChI=1S/C15H25N/c1-6-12(2)13-7-9-14(10-8-13)16-11-15(3,4)5/h7-10,12,16H,6,11H2,1-5H3. The fraction of sp³-hybridized carbons (Fsp3) is 0.600. The second-order valence-electron chi connectivity index (χ2n) is 5.85. The van der Waals surface area contributed by atoms with Crippen LogP contribution < -0.4 is 5.32 Å². The van der Waals surface area contributed by atoms with Crippen molar-refractivity contribution in [3.8, 4) is 0 Å². The molecule has 0 aliphatic heterocycles. The molecule has 0 saturated carbocycles. The van der Waals surface area contributed by atoms with Gasteiger partial charge in [-0.15, -0.1) is 0 Å². The number of benzene rings is 1. The van der Waals surface area contributed by atoms with Gasteiger partial charge in [-0.2, -0.15) is 0 Å². The molecule has 1 heteroatoms. The van der Waals surface area contributed by atoms with E-state index in [0.29, 0.717) is 11.3 Å². The van der Waals surface area contributed by atoms with Crippen LogP contribution in [-0.4, -0.2) is 6.54 Å².